The van der Waals surface area contributed by atoms with Crippen LogP contribution in [0.3, 0.4) is 0 Å². The third-order valence-electron chi connectivity index (χ3n) is 4.12. The van der Waals surface area contributed by atoms with Gasteiger partial charge in [-0.25, -0.2) is 0 Å². The normalized spacial score (nSPS) is 15.1. The number of nitrogens with zero attached hydrogens (tertiary/aromatic N) is 1. The van der Waals surface area contributed by atoms with Crippen LogP contribution < -0.4 is 14.2 Å². The summed E-state index contributed by atoms with van der Waals surface area (Å²) in [5, 5.41) is 0.568. The van der Waals surface area contributed by atoms with E-state index in [9.17, 15) is 4.79 Å². The number of amides is 1. The van der Waals surface area contributed by atoms with Gasteiger partial charge in [-0.3, -0.25) is 9.69 Å². The van der Waals surface area contributed by atoms with Gasteiger partial charge >= 0.3 is 0 Å². The van der Waals surface area contributed by atoms with Crippen molar-refractivity contribution < 1.29 is 19.0 Å². The van der Waals surface area contributed by atoms with E-state index in [1.165, 1.54) is 16.7 Å². The molecule has 1 saturated heterocycles. The summed E-state index contributed by atoms with van der Waals surface area (Å²) in [6.45, 7) is 0.983. The van der Waals surface area contributed by atoms with Gasteiger partial charge in [0.2, 0.25) is 0 Å². The molecular weight excluding hydrogens is 430 g/mol. The molecule has 2 aromatic rings. The number of hydrogen-bond acceptors (Lipinski definition) is 6. The van der Waals surface area contributed by atoms with Crippen molar-refractivity contribution in [1.29, 1.82) is 0 Å². The SMILES string of the molecule is COc1ccc(OCCCOc2ccc(Cl)cc2/C=C2/SC(=S)N(C)C2=O)cc1. The summed E-state index contributed by atoms with van der Waals surface area (Å²) in [7, 11) is 3.29. The highest BCUT2D eigenvalue weighted by Crippen LogP contribution is 2.34. The summed E-state index contributed by atoms with van der Waals surface area (Å²) < 4.78 is 17.3. The van der Waals surface area contributed by atoms with Gasteiger partial charge < -0.3 is 14.2 Å². The minimum absolute atomic E-state index is 0.126. The molecule has 29 heavy (non-hydrogen) atoms. The van der Waals surface area contributed by atoms with Crippen LogP contribution in [0.5, 0.6) is 17.2 Å². The van der Waals surface area contributed by atoms with E-state index in [0.29, 0.717) is 39.6 Å². The Kier molecular flexibility index (Phi) is 7.41. The van der Waals surface area contributed by atoms with Crippen LogP contribution >= 0.6 is 35.6 Å². The maximum Gasteiger partial charge on any atom is 0.265 e. The molecule has 1 heterocycles. The molecule has 152 valence electrons. The van der Waals surface area contributed by atoms with Crippen LogP contribution in [0.15, 0.2) is 47.4 Å². The molecule has 5 nitrogen and oxygen atoms in total. The summed E-state index contributed by atoms with van der Waals surface area (Å²) >= 11 is 12.6. The molecule has 0 N–H and O–H groups in total. The van der Waals surface area contributed by atoms with E-state index in [1.807, 2.05) is 24.3 Å². The van der Waals surface area contributed by atoms with Gasteiger partial charge in [-0.05, 0) is 48.5 Å². The molecule has 1 fully saturated rings. The van der Waals surface area contributed by atoms with Gasteiger partial charge in [0.05, 0.1) is 25.2 Å². The standard InChI is InChI=1S/C21H20ClNO4S2/c1-23-20(24)19(29-21(23)28)13-14-12-15(22)4-9-18(14)27-11-3-10-26-17-7-5-16(25-2)6-8-17/h4-9,12-13H,3,10-11H2,1-2H3/b19-13+. The molecule has 0 spiro atoms. The number of benzene rings is 2. The third-order valence-corrected chi connectivity index (χ3v) is 5.84. The number of likely N-dealkylation sites (N-methyl/N-ethyl adjacent to an activating group) is 1. The summed E-state index contributed by atoms with van der Waals surface area (Å²) in [4.78, 5) is 14.2. The highest BCUT2D eigenvalue weighted by molar-refractivity contribution is 8.26. The fourth-order valence-corrected chi connectivity index (χ4v) is 3.90. The van der Waals surface area contributed by atoms with Crippen molar-refractivity contribution >= 4 is 51.9 Å². The van der Waals surface area contributed by atoms with E-state index >= 15 is 0 Å². The zero-order chi connectivity index (χ0) is 20.8. The van der Waals surface area contributed by atoms with E-state index in [1.54, 1.807) is 38.4 Å². The fraction of sp³-hybridized carbons (Fsp3) is 0.238. The minimum atomic E-state index is -0.126. The fourth-order valence-electron chi connectivity index (χ4n) is 2.55. The Labute approximate surface area is 184 Å². The van der Waals surface area contributed by atoms with Crippen LogP contribution in [0, 0.1) is 0 Å². The molecule has 0 atom stereocenters. The second-order valence-corrected chi connectivity index (χ2v) is 8.26. The first-order chi connectivity index (χ1) is 14.0. The van der Waals surface area contributed by atoms with Gasteiger partial charge in [0.15, 0.2) is 0 Å². The van der Waals surface area contributed by atoms with E-state index in [0.717, 1.165) is 17.1 Å². The van der Waals surface area contributed by atoms with Crippen LogP contribution in [-0.2, 0) is 4.79 Å². The number of carbonyl (C=O) groups is 1. The van der Waals surface area contributed by atoms with Crippen molar-refractivity contribution in [3.8, 4) is 17.2 Å². The zero-order valence-corrected chi connectivity index (χ0v) is 18.4. The number of thiocarbonyl (C=S) groups is 1. The molecular formula is C21H20ClNO4S2. The quantitative estimate of drug-likeness (QED) is 0.320. The lowest BCUT2D eigenvalue weighted by Crippen LogP contribution is -2.22. The second kappa shape index (κ2) is 10.0. The first-order valence-electron chi connectivity index (χ1n) is 8.88. The lowest BCUT2D eigenvalue weighted by molar-refractivity contribution is -0.121. The molecule has 0 radical (unpaired) electrons. The van der Waals surface area contributed by atoms with Gasteiger partial charge in [-0.15, -0.1) is 0 Å². The van der Waals surface area contributed by atoms with Crippen LogP contribution in [0.25, 0.3) is 6.08 Å². The summed E-state index contributed by atoms with van der Waals surface area (Å²) in [5.74, 6) is 2.09. The smallest absolute Gasteiger partial charge is 0.265 e. The maximum atomic E-state index is 12.2. The molecule has 0 aliphatic carbocycles. The average Bonchev–Trinajstić information content (AvgIpc) is 2.96. The Balaban J connectivity index is 1.57. The average molecular weight is 450 g/mol. The van der Waals surface area contributed by atoms with Gasteiger partial charge in [-0.1, -0.05) is 35.6 Å². The van der Waals surface area contributed by atoms with Crippen molar-refractivity contribution in [1.82, 2.24) is 4.90 Å². The van der Waals surface area contributed by atoms with Crippen LogP contribution in [0.2, 0.25) is 5.02 Å². The highest BCUT2D eigenvalue weighted by atomic mass is 35.5. The predicted octanol–water partition coefficient (Wildman–Crippen LogP) is 5.03. The molecule has 8 heteroatoms. The van der Waals surface area contributed by atoms with Crippen molar-refractivity contribution in [2.24, 2.45) is 0 Å². The largest absolute Gasteiger partial charge is 0.497 e. The summed E-state index contributed by atoms with van der Waals surface area (Å²) in [5.41, 5.74) is 0.738. The highest BCUT2D eigenvalue weighted by Gasteiger charge is 2.28. The van der Waals surface area contributed by atoms with E-state index in [2.05, 4.69) is 0 Å². The monoisotopic (exact) mass is 449 g/mol. The molecule has 0 unspecified atom stereocenters. The first kappa shape index (κ1) is 21.5. The van der Waals surface area contributed by atoms with Gasteiger partial charge in [-0.2, -0.15) is 0 Å². The summed E-state index contributed by atoms with van der Waals surface area (Å²) in [6, 6.07) is 12.8. The topological polar surface area (TPSA) is 48.0 Å². The zero-order valence-electron chi connectivity index (χ0n) is 16.0. The van der Waals surface area contributed by atoms with Gasteiger partial charge in [0.25, 0.3) is 5.91 Å². The number of ether oxygens (including phenoxy) is 3. The maximum absolute atomic E-state index is 12.2. The Bertz CT molecular complexity index is 931. The lowest BCUT2D eigenvalue weighted by atomic mass is 10.2. The molecule has 0 aromatic heterocycles. The molecule has 1 aliphatic rings. The molecule has 3 rings (SSSR count). The van der Waals surface area contributed by atoms with Crippen molar-refractivity contribution in [3.63, 3.8) is 0 Å². The first-order valence-corrected chi connectivity index (χ1v) is 10.5. The van der Waals surface area contributed by atoms with E-state index in [4.69, 9.17) is 38.0 Å². The summed E-state index contributed by atoms with van der Waals surface area (Å²) in [6.07, 6.45) is 2.46. The molecule has 0 bridgehead atoms. The van der Waals surface area contributed by atoms with Crippen LogP contribution in [0.1, 0.15) is 12.0 Å². The molecule has 2 aromatic carbocycles. The molecule has 0 saturated carbocycles. The number of hydrogen-bond donors (Lipinski definition) is 0. The number of methoxy groups -OCH3 is 1. The Morgan fingerprint density at radius 3 is 2.45 bits per heavy atom. The number of thioether (sulfide) groups is 1. The Hall–Kier alpha value is -2.22. The number of halogens is 1. The Morgan fingerprint density at radius 1 is 1.10 bits per heavy atom. The van der Waals surface area contributed by atoms with Crippen LogP contribution in [0.4, 0.5) is 0 Å². The molecule has 1 amide bonds. The third kappa shape index (κ3) is 5.65. The van der Waals surface area contributed by atoms with Crippen LogP contribution in [-0.4, -0.2) is 42.5 Å². The number of carbonyl (C=O) groups excluding carboxylic acids is 1. The predicted molar refractivity (Wildman–Crippen MR) is 121 cm³/mol. The number of rotatable bonds is 8. The Morgan fingerprint density at radius 2 is 1.79 bits per heavy atom. The van der Waals surface area contributed by atoms with Gasteiger partial charge in [0, 0.05) is 24.1 Å². The minimum Gasteiger partial charge on any atom is -0.497 e. The molecule has 1 aliphatic heterocycles. The van der Waals surface area contributed by atoms with Crippen molar-refractivity contribution in [2.45, 2.75) is 6.42 Å². The van der Waals surface area contributed by atoms with E-state index in [-0.39, 0.29) is 5.91 Å². The van der Waals surface area contributed by atoms with E-state index < -0.39 is 0 Å². The van der Waals surface area contributed by atoms with Gasteiger partial charge in [0.1, 0.15) is 21.6 Å². The lowest BCUT2D eigenvalue weighted by Gasteiger charge is -2.11. The van der Waals surface area contributed by atoms with Crippen molar-refractivity contribution in [3.05, 3.63) is 58.0 Å². The van der Waals surface area contributed by atoms with Crippen molar-refractivity contribution in [2.75, 3.05) is 27.4 Å². The second-order valence-electron chi connectivity index (χ2n) is 6.15.